The summed E-state index contributed by atoms with van der Waals surface area (Å²) in [7, 11) is 0. The van der Waals surface area contributed by atoms with Crippen molar-refractivity contribution < 1.29 is 32.0 Å². The minimum atomic E-state index is -4.49. The fourth-order valence-electron chi connectivity index (χ4n) is 2.49. The Kier molecular flexibility index (Phi) is 6.14. The van der Waals surface area contributed by atoms with E-state index in [0.29, 0.717) is 5.56 Å². The van der Waals surface area contributed by atoms with Crippen LogP contribution in [0.25, 0.3) is 17.5 Å². The van der Waals surface area contributed by atoms with Gasteiger partial charge in [0.05, 0.1) is 10.5 Å². The van der Waals surface area contributed by atoms with Crippen molar-refractivity contribution in [2.45, 2.75) is 19.2 Å². The van der Waals surface area contributed by atoms with Crippen molar-refractivity contribution >= 4 is 17.7 Å². The number of rotatable bonds is 6. The average molecular weight is 433 g/mol. The normalized spacial score (nSPS) is 12.6. The number of nitro groups is 1. The number of hydrogen-bond donors (Lipinski definition) is 0. The zero-order chi connectivity index (χ0) is 22.6. The van der Waals surface area contributed by atoms with Crippen LogP contribution in [0.3, 0.4) is 0 Å². The minimum Gasteiger partial charge on any atom is -0.449 e. The van der Waals surface area contributed by atoms with Crippen molar-refractivity contribution in [2.75, 3.05) is 0 Å². The first kappa shape index (κ1) is 21.7. The number of hydrogen-bond acceptors (Lipinski definition) is 7. The number of benzene rings is 2. The molecule has 0 amide bonds. The van der Waals surface area contributed by atoms with E-state index in [1.54, 1.807) is 0 Å². The van der Waals surface area contributed by atoms with E-state index in [1.807, 2.05) is 0 Å². The molecule has 31 heavy (non-hydrogen) atoms. The average Bonchev–Trinajstić information content (AvgIpc) is 3.22. The number of halogens is 3. The van der Waals surface area contributed by atoms with Gasteiger partial charge in [0, 0.05) is 23.8 Å². The van der Waals surface area contributed by atoms with Crippen LogP contribution in [0.4, 0.5) is 18.9 Å². The van der Waals surface area contributed by atoms with Crippen molar-refractivity contribution in [3.05, 3.63) is 81.7 Å². The minimum absolute atomic E-state index is 0.0193. The predicted octanol–water partition coefficient (Wildman–Crippen LogP) is 4.98. The van der Waals surface area contributed by atoms with Crippen molar-refractivity contribution in [3.63, 3.8) is 0 Å². The molecule has 0 aliphatic carbocycles. The highest BCUT2D eigenvalue weighted by molar-refractivity contribution is 5.87. The lowest BCUT2D eigenvalue weighted by molar-refractivity contribution is -0.384. The standard InChI is InChI=1S/C20H14F3N3O5/c1-12(18-24-25-19(31-18)14-6-8-16(9-7-14)26(28)29)30-17(27)10-5-13-3-2-4-15(11-13)20(21,22)23/h2-12H,1H3. The highest BCUT2D eigenvalue weighted by Crippen LogP contribution is 2.30. The van der Waals surface area contributed by atoms with Crippen LogP contribution in [0, 0.1) is 10.1 Å². The summed E-state index contributed by atoms with van der Waals surface area (Å²) in [5, 5.41) is 18.3. The van der Waals surface area contributed by atoms with Crippen molar-refractivity contribution in [3.8, 4) is 11.5 Å². The van der Waals surface area contributed by atoms with Crippen LogP contribution < -0.4 is 0 Å². The predicted molar refractivity (Wildman–Crippen MR) is 101 cm³/mol. The molecule has 160 valence electrons. The molecule has 0 aliphatic heterocycles. The van der Waals surface area contributed by atoms with Gasteiger partial charge in [0.15, 0.2) is 6.10 Å². The number of nitro benzene ring substituents is 1. The summed E-state index contributed by atoms with van der Waals surface area (Å²) < 4.78 is 48.8. The van der Waals surface area contributed by atoms with E-state index >= 15 is 0 Å². The summed E-state index contributed by atoms with van der Waals surface area (Å²) >= 11 is 0. The topological polar surface area (TPSA) is 108 Å². The number of carbonyl (C=O) groups is 1. The first-order chi connectivity index (χ1) is 14.6. The summed E-state index contributed by atoms with van der Waals surface area (Å²) in [6.07, 6.45) is -3.24. The zero-order valence-corrected chi connectivity index (χ0v) is 15.9. The molecule has 0 radical (unpaired) electrons. The lowest BCUT2D eigenvalue weighted by Gasteiger charge is -2.08. The highest BCUT2D eigenvalue weighted by atomic mass is 19.4. The van der Waals surface area contributed by atoms with Crippen molar-refractivity contribution in [2.24, 2.45) is 0 Å². The Morgan fingerprint density at radius 3 is 2.55 bits per heavy atom. The van der Waals surface area contributed by atoms with E-state index in [4.69, 9.17) is 9.15 Å². The van der Waals surface area contributed by atoms with Crippen molar-refractivity contribution in [1.29, 1.82) is 0 Å². The first-order valence-corrected chi connectivity index (χ1v) is 8.77. The number of ether oxygens (including phenoxy) is 1. The molecule has 0 aliphatic rings. The Labute approximate surface area is 173 Å². The summed E-state index contributed by atoms with van der Waals surface area (Å²) in [4.78, 5) is 22.1. The molecule has 1 atom stereocenters. The van der Waals surface area contributed by atoms with E-state index in [9.17, 15) is 28.1 Å². The third-order valence-corrected chi connectivity index (χ3v) is 4.03. The quantitative estimate of drug-likeness (QED) is 0.233. The van der Waals surface area contributed by atoms with Crippen LogP contribution in [0.15, 0.2) is 59.0 Å². The lowest BCUT2D eigenvalue weighted by atomic mass is 10.1. The molecular weight excluding hydrogens is 419 g/mol. The summed E-state index contributed by atoms with van der Waals surface area (Å²) in [6.45, 7) is 1.48. The molecule has 1 heterocycles. The fraction of sp³-hybridized carbons (Fsp3) is 0.150. The molecule has 0 bridgehead atoms. The van der Waals surface area contributed by atoms with Gasteiger partial charge in [-0.2, -0.15) is 13.2 Å². The molecule has 2 aromatic carbocycles. The van der Waals surface area contributed by atoms with Crippen LogP contribution in [0.2, 0.25) is 0 Å². The molecule has 11 heteroatoms. The third kappa shape index (κ3) is 5.53. The van der Waals surface area contributed by atoms with Crippen molar-refractivity contribution in [1.82, 2.24) is 10.2 Å². The summed E-state index contributed by atoms with van der Waals surface area (Å²) in [6, 6.07) is 9.90. The van der Waals surface area contributed by atoms with Gasteiger partial charge >= 0.3 is 12.1 Å². The maximum absolute atomic E-state index is 12.7. The van der Waals surface area contributed by atoms with Gasteiger partial charge in [0.2, 0.25) is 5.89 Å². The maximum Gasteiger partial charge on any atom is 0.416 e. The molecular formula is C20H14F3N3O5. The molecule has 0 spiro atoms. The van der Waals surface area contributed by atoms with Crippen LogP contribution >= 0.6 is 0 Å². The van der Waals surface area contributed by atoms with Crippen LogP contribution in [-0.2, 0) is 15.7 Å². The fourth-order valence-corrected chi connectivity index (χ4v) is 2.49. The Morgan fingerprint density at radius 2 is 1.90 bits per heavy atom. The van der Waals surface area contributed by atoms with Gasteiger partial charge in [-0.1, -0.05) is 12.1 Å². The number of non-ortho nitro benzene ring substituents is 1. The monoisotopic (exact) mass is 433 g/mol. The van der Waals surface area contributed by atoms with Gasteiger partial charge < -0.3 is 9.15 Å². The summed E-state index contributed by atoms with van der Waals surface area (Å²) in [5.74, 6) is -0.763. The molecule has 0 saturated heterocycles. The molecule has 3 rings (SSSR count). The second-order valence-electron chi connectivity index (χ2n) is 6.29. The SMILES string of the molecule is CC(OC(=O)C=Cc1cccc(C(F)(F)F)c1)c1nnc(-c2ccc([N+](=O)[O-])cc2)o1. The number of alkyl halides is 3. The van der Waals surface area contributed by atoms with Crippen LogP contribution in [0.5, 0.6) is 0 Å². The molecule has 3 aromatic rings. The number of aromatic nitrogens is 2. The van der Waals surface area contributed by atoms with Gasteiger partial charge in [-0.05, 0) is 42.8 Å². The second-order valence-corrected chi connectivity index (χ2v) is 6.29. The molecule has 1 aromatic heterocycles. The summed E-state index contributed by atoms with van der Waals surface area (Å²) in [5.41, 5.74) is -0.315. The first-order valence-electron chi connectivity index (χ1n) is 8.77. The Balaban J connectivity index is 1.64. The Morgan fingerprint density at radius 1 is 1.19 bits per heavy atom. The van der Waals surface area contributed by atoms with E-state index in [-0.39, 0.29) is 23.0 Å². The second kappa shape index (κ2) is 8.78. The van der Waals surface area contributed by atoms with E-state index in [0.717, 1.165) is 18.2 Å². The third-order valence-electron chi connectivity index (χ3n) is 4.03. The van der Waals surface area contributed by atoms with Gasteiger partial charge in [0.1, 0.15) is 0 Å². The molecule has 8 nitrogen and oxygen atoms in total. The Hall–Kier alpha value is -4.02. The zero-order valence-electron chi connectivity index (χ0n) is 15.9. The highest BCUT2D eigenvalue weighted by Gasteiger charge is 2.30. The number of esters is 1. The number of nitrogens with zero attached hydrogens (tertiary/aromatic N) is 3. The van der Waals surface area contributed by atoms with Gasteiger partial charge in [-0.25, -0.2) is 4.79 Å². The maximum atomic E-state index is 12.7. The largest absolute Gasteiger partial charge is 0.449 e. The van der Waals surface area contributed by atoms with Gasteiger partial charge in [-0.15, -0.1) is 10.2 Å². The Bertz CT molecular complexity index is 1120. The lowest BCUT2D eigenvalue weighted by Crippen LogP contribution is -2.06. The smallest absolute Gasteiger partial charge is 0.416 e. The molecule has 0 fully saturated rings. The molecule has 0 N–H and O–H groups in total. The van der Waals surface area contributed by atoms with Crippen LogP contribution in [-0.4, -0.2) is 21.1 Å². The number of carbonyl (C=O) groups excluding carboxylic acids is 1. The van der Waals surface area contributed by atoms with E-state index in [2.05, 4.69) is 10.2 Å². The molecule has 1 unspecified atom stereocenters. The molecule has 0 saturated carbocycles. The van der Waals surface area contributed by atoms with Crippen LogP contribution in [0.1, 0.15) is 30.0 Å². The van der Waals surface area contributed by atoms with E-state index < -0.39 is 28.7 Å². The van der Waals surface area contributed by atoms with E-state index in [1.165, 1.54) is 49.4 Å². The van der Waals surface area contributed by atoms with Gasteiger partial charge in [0.25, 0.3) is 11.6 Å². The van der Waals surface area contributed by atoms with Gasteiger partial charge in [-0.3, -0.25) is 10.1 Å².